The molecule has 1 aromatic carbocycles. The van der Waals surface area contributed by atoms with Crippen LogP contribution in [0, 0.1) is 0 Å². The number of halogens is 1. The van der Waals surface area contributed by atoms with Crippen LogP contribution in [0.5, 0.6) is 5.75 Å². The summed E-state index contributed by atoms with van der Waals surface area (Å²) >= 11 is 3.34. The van der Waals surface area contributed by atoms with E-state index in [1.807, 2.05) is 25.1 Å². The zero-order valence-corrected chi connectivity index (χ0v) is 12.0. The van der Waals surface area contributed by atoms with E-state index in [-0.39, 0.29) is 16.2 Å². The van der Waals surface area contributed by atoms with Crippen molar-refractivity contribution in [1.82, 2.24) is 0 Å². The summed E-state index contributed by atoms with van der Waals surface area (Å²) in [5.41, 5.74) is 2.05. The van der Waals surface area contributed by atoms with Crippen LogP contribution in [0.15, 0.2) is 18.2 Å². The number of carbonyl (C=O) groups excluding carboxylic acids is 1. The highest BCUT2D eigenvalue weighted by Crippen LogP contribution is 2.38. The lowest BCUT2D eigenvalue weighted by Crippen LogP contribution is -2.27. The molecule has 0 amide bonds. The van der Waals surface area contributed by atoms with Crippen molar-refractivity contribution in [2.75, 3.05) is 0 Å². The minimum absolute atomic E-state index is 0.0488. The smallest absolute Gasteiger partial charge is 0.163 e. The molecule has 0 saturated heterocycles. The first kappa shape index (κ1) is 12.6. The summed E-state index contributed by atoms with van der Waals surface area (Å²) in [6.45, 7) is 6.28. The van der Waals surface area contributed by atoms with E-state index in [9.17, 15) is 4.79 Å². The van der Waals surface area contributed by atoms with Gasteiger partial charge in [-0.15, -0.1) is 0 Å². The Morgan fingerprint density at radius 1 is 1.41 bits per heavy atom. The normalized spacial score (nSPS) is 19.6. The second-order valence-corrected chi connectivity index (χ2v) is 6.46. The molecule has 2 rings (SSSR count). The number of hydrogen-bond donors (Lipinski definition) is 0. The monoisotopic (exact) mass is 296 g/mol. The number of fused-ring (bicyclic) bond motifs is 1. The third-order valence-corrected chi connectivity index (χ3v) is 3.48. The Morgan fingerprint density at radius 3 is 2.76 bits per heavy atom. The molecular formula is C14H17BrO2. The SMILES string of the molecule is CC(Br)Oc1ccc2c(c1)C(=O)CCC2(C)C. The first-order valence-corrected chi connectivity index (χ1v) is 6.80. The lowest BCUT2D eigenvalue weighted by Gasteiger charge is -2.31. The summed E-state index contributed by atoms with van der Waals surface area (Å²) in [5, 5.41) is -0.0488. The average molecular weight is 297 g/mol. The fourth-order valence-electron chi connectivity index (χ4n) is 2.30. The number of alkyl halides is 1. The van der Waals surface area contributed by atoms with Gasteiger partial charge in [0.1, 0.15) is 5.75 Å². The average Bonchev–Trinajstić information content (AvgIpc) is 2.23. The van der Waals surface area contributed by atoms with Gasteiger partial charge >= 0.3 is 0 Å². The third kappa shape index (κ3) is 2.54. The minimum Gasteiger partial charge on any atom is -0.480 e. The molecule has 0 radical (unpaired) electrons. The van der Waals surface area contributed by atoms with Crippen LogP contribution in [0.25, 0.3) is 0 Å². The Labute approximate surface area is 110 Å². The Bertz CT molecular complexity index is 450. The Morgan fingerprint density at radius 2 is 2.12 bits per heavy atom. The number of hydrogen-bond acceptors (Lipinski definition) is 2. The molecule has 1 aromatic rings. The van der Waals surface area contributed by atoms with Crippen LogP contribution < -0.4 is 4.74 Å². The van der Waals surface area contributed by atoms with E-state index in [0.29, 0.717) is 6.42 Å². The van der Waals surface area contributed by atoms with Crippen molar-refractivity contribution < 1.29 is 9.53 Å². The van der Waals surface area contributed by atoms with Gasteiger partial charge in [0, 0.05) is 12.0 Å². The molecule has 0 saturated carbocycles. The van der Waals surface area contributed by atoms with Crippen molar-refractivity contribution in [3.63, 3.8) is 0 Å². The van der Waals surface area contributed by atoms with Gasteiger partial charge < -0.3 is 4.74 Å². The summed E-state index contributed by atoms with van der Waals surface area (Å²) in [5.74, 6) is 0.978. The van der Waals surface area contributed by atoms with Gasteiger partial charge in [-0.1, -0.05) is 19.9 Å². The lowest BCUT2D eigenvalue weighted by molar-refractivity contribution is 0.0956. The van der Waals surface area contributed by atoms with Crippen molar-refractivity contribution in [2.45, 2.75) is 44.0 Å². The summed E-state index contributed by atoms with van der Waals surface area (Å²) in [6, 6.07) is 5.84. The summed E-state index contributed by atoms with van der Waals surface area (Å²) < 4.78 is 5.56. The van der Waals surface area contributed by atoms with Crippen LogP contribution in [-0.4, -0.2) is 10.8 Å². The zero-order valence-electron chi connectivity index (χ0n) is 10.4. The molecule has 2 nitrogen and oxygen atoms in total. The molecule has 0 spiro atoms. The zero-order chi connectivity index (χ0) is 12.6. The molecule has 0 heterocycles. The van der Waals surface area contributed by atoms with Crippen LogP contribution in [0.1, 0.15) is 49.5 Å². The summed E-state index contributed by atoms with van der Waals surface area (Å²) in [7, 11) is 0. The highest BCUT2D eigenvalue weighted by Gasteiger charge is 2.31. The third-order valence-electron chi connectivity index (χ3n) is 3.30. The van der Waals surface area contributed by atoms with E-state index in [4.69, 9.17) is 4.74 Å². The molecule has 1 aliphatic carbocycles. The number of carbonyl (C=O) groups is 1. The van der Waals surface area contributed by atoms with Crippen molar-refractivity contribution in [3.05, 3.63) is 29.3 Å². The maximum absolute atomic E-state index is 11.9. The molecule has 17 heavy (non-hydrogen) atoms. The quantitative estimate of drug-likeness (QED) is 0.769. The van der Waals surface area contributed by atoms with Crippen LogP contribution in [0.2, 0.25) is 0 Å². The molecule has 0 aromatic heterocycles. The first-order valence-electron chi connectivity index (χ1n) is 5.88. The summed E-state index contributed by atoms with van der Waals surface area (Å²) in [4.78, 5) is 11.9. The van der Waals surface area contributed by atoms with Gasteiger partial charge in [0.15, 0.2) is 10.8 Å². The van der Waals surface area contributed by atoms with Gasteiger partial charge in [-0.2, -0.15) is 0 Å². The van der Waals surface area contributed by atoms with Crippen molar-refractivity contribution in [1.29, 1.82) is 0 Å². The second kappa shape index (κ2) is 4.45. The highest BCUT2D eigenvalue weighted by molar-refractivity contribution is 9.09. The van der Waals surface area contributed by atoms with E-state index in [1.54, 1.807) is 0 Å². The number of ketones is 1. The van der Waals surface area contributed by atoms with Gasteiger partial charge in [0.2, 0.25) is 0 Å². The highest BCUT2D eigenvalue weighted by atomic mass is 79.9. The van der Waals surface area contributed by atoms with Crippen molar-refractivity contribution in [2.24, 2.45) is 0 Å². The van der Waals surface area contributed by atoms with Crippen molar-refractivity contribution >= 4 is 21.7 Å². The van der Waals surface area contributed by atoms with Gasteiger partial charge in [-0.05, 0) is 52.4 Å². The number of benzene rings is 1. The molecular weight excluding hydrogens is 280 g/mol. The minimum atomic E-state index is -0.0488. The van der Waals surface area contributed by atoms with Crippen LogP contribution in [-0.2, 0) is 5.41 Å². The van der Waals surface area contributed by atoms with Crippen LogP contribution >= 0.6 is 15.9 Å². The molecule has 3 heteroatoms. The molecule has 1 atom stereocenters. The van der Waals surface area contributed by atoms with E-state index in [2.05, 4.69) is 29.8 Å². The second-order valence-electron chi connectivity index (χ2n) is 5.18. The topological polar surface area (TPSA) is 26.3 Å². The number of Topliss-reactive ketones (excluding diaryl/α,β-unsaturated/α-hetero) is 1. The standard InChI is InChI=1S/C14H17BrO2/c1-9(15)17-10-4-5-12-11(8-10)13(16)6-7-14(12,2)3/h4-5,8-9H,6-7H2,1-3H3. The van der Waals surface area contributed by atoms with Gasteiger partial charge in [0.25, 0.3) is 0 Å². The summed E-state index contributed by atoms with van der Waals surface area (Å²) in [6.07, 6.45) is 1.56. The molecule has 0 bridgehead atoms. The Kier molecular flexibility index (Phi) is 3.30. The van der Waals surface area contributed by atoms with Crippen molar-refractivity contribution in [3.8, 4) is 5.75 Å². The number of ether oxygens (including phenoxy) is 1. The molecule has 0 aliphatic heterocycles. The maximum atomic E-state index is 11.9. The maximum Gasteiger partial charge on any atom is 0.163 e. The molecule has 92 valence electrons. The molecule has 1 aliphatic rings. The Balaban J connectivity index is 2.43. The lowest BCUT2D eigenvalue weighted by atomic mass is 9.72. The Hall–Kier alpha value is -0.830. The van der Waals surface area contributed by atoms with Crippen LogP contribution in [0.3, 0.4) is 0 Å². The van der Waals surface area contributed by atoms with E-state index in [1.165, 1.54) is 0 Å². The molecule has 1 unspecified atom stereocenters. The van der Waals surface area contributed by atoms with Gasteiger partial charge in [-0.25, -0.2) is 0 Å². The fourth-order valence-corrected chi connectivity index (χ4v) is 2.52. The van der Waals surface area contributed by atoms with Crippen LogP contribution in [0.4, 0.5) is 0 Å². The molecule has 0 N–H and O–H groups in total. The predicted octanol–water partition coefficient (Wildman–Crippen LogP) is 4.06. The number of rotatable bonds is 2. The largest absolute Gasteiger partial charge is 0.480 e. The van der Waals surface area contributed by atoms with E-state index >= 15 is 0 Å². The van der Waals surface area contributed by atoms with E-state index in [0.717, 1.165) is 23.3 Å². The predicted molar refractivity (Wildman–Crippen MR) is 72.0 cm³/mol. The van der Waals surface area contributed by atoms with Gasteiger partial charge in [-0.3, -0.25) is 4.79 Å². The van der Waals surface area contributed by atoms with Gasteiger partial charge in [0.05, 0.1) is 0 Å². The fraction of sp³-hybridized carbons (Fsp3) is 0.500. The first-order chi connectivity index (χ1) is 7.90. The molecule has 0 fully saturated rings. The van der Waals surface area contributed by atoms with E-state index < -0.39 is 0 Å².